The average Bonchev–Trinajstić information content (AvgIpc) is 2.83. The zero-order valence-corrected chi connectivity index (χ0v) is 18.7. The van der Waals surface area contributed by atoms with Crippen LogP contribution in [0.5, 0.6) is 0 Å². The molecule has 2 nitrogen and oxygen atoms in total. The van der Waals surface area contributed by atoms with Crippen molar-refractivity contribution in [3.8, 4) is 22.5 Å². The molecular formula is C27H25F5N2. The minimum atomic E-state index is -4.66. The summed E-state index contributed by atoms with van der Waals surface area (Å²) in [6, 6.07) is 10.2. The molecule has 1 heterocycles. The van der Waals surface area contributed by atoms with Gasteiger partial charge in [0, 0.05) is 35.2 Å². The van der Waals surface area contributed by atoms with Gasteiger partial charge in [-0.05, 0) is 66.9 Å². The zero-order chi connectivity index (χ0) is 24.3. The predicted molar refractivity (Wildman–Crippen MR) is 123 cm³/mol. The average molecular weight is 473 g/mol. The highest BCUT2D eigenvalue weighted by Crippen LogP contribution is 2.37. The van der Waals surface area contributed by atoms with E-state index in [1.807, 2.05) is 12.1 Å². The largest absolute Gasteiger partial charge is 0.409 e. The lowest BCUT2D eigenvalue weighted by Crippen LogP contribution is -2.12. The van der Waals surface area contributed by atoms with E-state index in [4.69, 9.17) is 0 Å². The minimum Gasteiger partial charge on any atom is -0.236 e. The van der Waals surface area contributed by atoms with Gasteiger partial charge in [0.05, 0.1) is 0 Å². The van der Waals surface area contributed by atoms with E-state index in [2.05, 4.69) is 29.0 Å². The Kier molecular flexibility index (Phi) is 7.10. The maximum Gasteiger partial charge on any atom is 0.409 e. The van der Waals surface area contributed by atoms with E-state index in [0.717, 1.165) is 29.2 Å². The van der Waals surface area contributed by atoms with Crippen LogP contribution < -0.4 is 0 Å². The molecular weight excluding hydrogens is 447 g/mol. The summed E-state index contributed by atoms with van der Waals surface area (Å²) in [5, 5.41) is 0. The van der Waals surface area contributed by atoms with Crippen LogP contribution in [0.25, 0.3) is 28.6 Å². The Hall–Kier alpha value is -3.09. The zero-order valence-electron chi connectivity index (χ0n) is 18.7. The lowest BCUT2D eigenvalue weighted by atomic mass is 9.78. The van der Waals surface area contributed by atoms with Crippen molar-refractivity contribution in [1.29, 1.82) is 0 Å². The van der Waals surface area contributed by atoms with E-state index in [9.17, 15) is 22.0 Å². The summed E-state index contributed by atoms with van der Waals surface area (Å²) in [6.07, 6.45) is 4.87. The number of halogens is 5. The second kappa shape index (κ2) is 10.0. The third-order valence-corrected chi connectivity index (χ3v) is 6.57. The Balaban J connectivity index is 1.49. The van der Waals surface area contributed by atoms with Gasteiger partial charge in [0.1, 0.15) is 11.6 Å². The minimum absolute atomic E-state index is 0.0451. The third kappa shape index (κ3) is 5.69. The highest BCUT2D eigenvalue weighted by molar-refractivity contribution is 5.65. The summed E-state index contributed by atoms with van der Waals surface area (Å²) in [6.45, 7) is 2.26. The van der Waals surface area contributed by atoms with Crippen LogP contribution in [0.3, 0.4) is 0 Å². The van der Waals surface area contributed by atoms with Crippen LogP contribution in [-0.4, -0.2) is 16.1 Å². The molecule has 0 N–H and O–H groups in total. The van der Waals surface area contributed by atoms with E-state index >= 15 is 0 Å². The van der Waals surface area contributed by atoms with E-state index in [1.54, 1.807) is 12.4 Å². The summed E-state index contributed by atoms with van der Waals surface area (Å²) < 4.78 is 65.4. The third-order valence-electron chi connectivity index (χ3n) is 6.57. The van der Waals surface area contributed by atoms with Gasteiger partial charge in [-0.15, -0.1) is 0 Å². The van der Waals surface area contributed by atoms with Gasteiger partial charge in [0.2, 0.25) is 0 Å². The van der Waals surface area contributed by atoms with Crippen molar-refractivity contribution in [1.82, 2.24) is 9.97 Å². The highest BCUT2D eigenvalue weighted by atomic mass is 19.4. The van der Waals surface area contributed by atoms with E-state index in [-0.39, 0.29) is 17.5 Å². The molecule has 1 aliphatic rings. The Morgan fingerprint density at radius 3 is 1.97 bits per heavy atom. The van der Waals surface area contributed by atoms with Crippen LogP contribution in [0.15, 0.2) is 54.9 Å². The smallest absolute Gasteiger partial charge is 0.236 e. The van der Waals surface area contributed by atoms with Crippen molar-refractivity contribution < 1.29 is 22.0 Å². The summed E-state index contributed by atoms with van der Waals surface area (Å²) in [5.41, 5.74) is 2.31. The Morgan fingerprint density at radius 1 is 0.853 bits per heavy atom. The number of nitrogens with zero attached hydrogens (tertiary/aromatic N) is 2. The van der Waals surface area contributed by atoms with Crippen molar-refractivity contribution in [2.75, 3.05) is 0 Å². The number of alkyl halides is 3. The molecule has 1 aromatic heterocycles. The van der Waals surface area contributed by atoms with Crippen LogP contribution in [0.2, 0.25) is 0 Å². The van der Waals surface area contributed by atoms with Crippen molar-refractivity contribution in [3.63, 3.8) is 0 Å². The molecule has 0 saturated heterocycles. The van der Waals surface area contributed by atoms with Gasteiger partial charge in [-0.25, -0.2) is 18.7 Å². The molecule has 178 valence electrons. The highest BCUT2D eigenvalue weighted by Gasteiger charge is 2.23. The van der Waals surface area contributed by atoms with Gasteiger partial charge in [0.15, 0.2) is 5.82 Å². The van der Waals surface area contributed by atoms with Gasteiger partial charge in [-0.2, -0.15) is 13.2 Å². The first kappa shape index (κ1) is 24.0. The second-order valence-electron chi connectivity index (χ2n) is 8.77. The fourth-order valence-corrected chi connectivity index (χ4v) is 4.53. The Labute approximate surface area is 195 Å². The van der Waals surface area contributed by atoms with E-state index in [0.29, 0.717) is 12.0 Å². The van der Waals surface area contributed by atoms with Crippen LogP contribution >= 0.6 is 0 Å². The number of rotatable bonds is 5. The summed E-state index contributed by atoms with van der Waals surface area (Å²) in [5.74, 6) is -0.717. The lowest BCUT2D eigenvalue weighted by Gasteiger charge is -2.28. The molecule has 1 fully saturated rings. The van der Waals surface area contributed by atoms with Crippen LogP contribution in [0.4, 0.5) is 22.0 Å². The molecule has 0 aliphatic heterocycles. The molecule has 7 heteroatoms. The van der Waals surface area contributed by atoms with Gasteiger partial charge < -0.3 is 0 Å². The first-order valence-corrected chi connectivity index (χ1v) is 11.4. The predicted octanol–water partition coefficient (Wildman–Crippen LogP) is 8.35. The maximum atomic E-state index is 14.2. The molecule has 0 unspecified atom stereocenters. The number of hydrogen-bond donors (Lipinski definition) is 0. The number of allylic oxidation sites excluding steroid dienone is 1. The molecule has 0 bridgehead atoms. The Morgan fingerprint density at radius 2 is 1.44 bits per heavy atom. The SMILES string of the molecule is CCC1CCC(c2ccc(-c3cnc(-c4cc(F)c(C=CC(F)(F)F)c(F)c4)nc3)cc2)CC1. The molecule has 0 spiro atoms. The second-order valence-corrected chi connectivity index (χ2v) is 8.77. The Bertz CT molecular complexity index is 1120. The molecule has 3 aromatic rings. The summed E-state index contributed by atoms with van der Waals surface area (Å²) >= 11 is 0. The topological polar surface area (TPSA) is 25.8 Å². The van der Waals surface area contributed by atoms with Crippen LogP contribution in [0, 0.1) is 17.6 Å². The van der Waals surface area contributed by atoms with Crippen LogP contribution in [-0.2, 0) is 0 Å². The lowest BCUT2D eigenvalue weighted by molar-refractivity contribution is -0.0790. The number of hydrogen-bond acceptors (Lipinski definition) is 2. The van der Waals surface area contributed by atoms with Gasteiger partial charge in [0.25, 0.3) is 0 Å². The first-order chi connectivity index (χ1) is 16.2. The standard InChI is InChI=1S/C27H25F5N2/c1-2-17-3-5-18(6-4-17)19-7-9-20(10-8-19)22-15-33-26(34-16-22)21-13-24(28)23(25(29)14-21)11-12-27(30,31)32/h7-18H,2-6H2,1H3. The molecule has 0 radical (unpaired) electrons. The number of benzene rings is 2. The molecule has 1 aliphatic carbocycles. The first-order valence-electron chi connectivity index (χ1n) is 11.4. The molecule has 34 heavy (non-hydrogen) atoms. The maximum absolute atomic E-state index is 14.2. The molecule has 0 atom stereocenters. The fourth-order valence-electron chi connectivity index (χ4n) is 4.53. The van der Waals surface area contributed by atoms with Crippen molar-refractivity contribution in [2.24, 2.45) is 5.92 Å². The van der Waals surface area contributed by atoms with Crippen molar-refractivity contribution in [2.45, 2.75) is 51.1 Å². The molecule has 4 rings (SSSR count). The summed E-state index contributed by atoms with van der Waals surface area (Å²) in [7, 11) is 0. The van der Waals surface area contributed by atoms with Crippen LogP contribution in [0.1, 0.15) is 56.1 Å². The van der Waals surface area contributed by atoms with Crippen molar-refractivity contribution in [3.05, 3.63) is 77.6 Å². The number of aromatic nitrogens is 2. The molecule has 0 amide bonds. The van der Waals surface area contributed by atoms with Gasteiger partial charge >= 0.3 is 6.18 Å². The van der Waals surface area contributed by atoms with Crippen molar-refractivity contribution >= 4 is 6.08 Å². The normalized spacial score (nSPS) is 19.0. The monoisotopic (exact) mass is 472 g/mol. The fraction of sp³-hybridized carbons (Fsp3) is 0.333. The van der Waals surface area contributed by atoms with Gasteiger partial charge in [-0.1, -0.05) is 37.6 Å². The summed E-state index contributed by atoms with van der Waals surface area (Å²) in [4.78, 5) is 8.42. The quantitative estimate of drug-likeness (QED) is 0.349. The van der Waals surface area contributed by atoms with E-state index < -0.39 is 23.4 Å². The van der Waals surface area contributed by atoms with Gasteiger partial charge in [-0.3, -0.25) is 0 Å². The molecule has 1 saturated carbocycles. The van der Waals surface area contributed by atoms with E-state index in [1.165, 1.54) is 37.7 Å². The molecule has 2 aromatic carbocycles.